The number of anilines is 1. The molecule has 122 valence electrons. The van der Waals surface area contributed by atoms with Gasteiger partial charge in [-0.1, -0.05) is 12.1 Å². The third kappa shape index (κ3) is 2.94. The molecule has 1 N–H and O–H groups in total. The number of hydrogen-bond acceptors (Lipinski definition) is 4. The Hall–Kier alpha value is -2.34. The average molecular weight is 313 g/mol. The molecule has 1 aromatic carbocycles. The van der Waals surface area contributed by atoms with E-state index in [1.165, 1.54) is 0 Å². The highest BCUT2D eigenvalue weighted by atomic mass is 16.5. The number of benzene rings is 1. The van der Waals surface area contributed by atoms with Gasteiger partial charge in [-0.3, -0.25) is 4.68 Å². The van der Waals surface area contributed by atoms with Crippen LogP contribution in [0.4, 0.5) is 5.69 Å². The first kappa shape index (κ1) is 15.6. The van der Waals surface area contributed by atoms with Crippen molar-refractivity contribution in [2.75, 3.05) is 19.0 Å². The van der Waals surface area contributed by atoms with Crippen molar-refractivity contribution in [3.8, 4) is 0 Å². The summed E-state index contributed by atoms with van der Waals surface area (Å²) in [6.45, 7) is 6.19. The molecule has 0 aliphatic carbocycles. The van der Waals surface area contributed by atoms with E-state index in [1.807, 2.05) is 36.9 Å². The van der Waals surface area contributed by atoms with Gasteiger partial charge in [-0.05, 0) is 26.0 Å². The zero-order chi connectivity index (χ0) is 16.4. The van der Waals surface area contributed by atoms with Crippen molar-refractivity contribution in [2.24, 2.45) is 7.05 Å². The SMILES string of the molecule is COCCn1nc(C)c(NCc2nc3ccccc3n2C)c1C. The molecular formula is C17H23N5O. The maximum Gasteiger partial charge on any atom is 0.128 e. The van der Waals surface area contributed by atoms with E-state index in [9.17, 15) is 0 Å². The Kier molecular flexibility index (Phi) is 4.34. The molecule has 0 aliphatic heterocycles. The molecule has 2 heterocycles. The van der Waals surface area contributed by atoms with Crippen LogP contribution in [-0.2, 0) is 24.9 Å². The van der Waals surface area contributed by atoms with Crippen molar-refractivity contribution in [1.82, 2.24) is 19.3 Å². The van der Waals surface area contributed by atoms with Crippen LogP contribution >= 0.6 is 0 Å². The number of imidazole rings is 1. The maximum atomic E-state index is 5.13. The number of nitrogens with zero attached hydrogens (tertiary/aromatic N) is 4. The van der Waals surface area contributed by atoms with Gasteiger partial charge in [0.25, 0.3) is 0 Å². The third-order valence-corrected chi connectivity index (χ3v) is 4.19. The number of hydrogen-bond donors (Lipinski definition) is 1. The number of para-hydroxylation sites is 2. The van der Waals surface area contributed by atoms with Gasteiger partial charge in [-0.2, -0.15) is 5.10 Å². The van der Waals surface area contributed by atoms with Crippen molar-refractivity contribution in [3.05, 3.63) is 41.5 Å². The molecule has 3 aromatic rings. The van der Waals surface area contributed by atoms with Gasteiger partial charge >= 0.3 is 0 Å². The largest absolute Gasteiger partial charge is 0.383 e. The Morgan fingerprint density at radius 2 is 2.00 bits per heavy atom. The number of rotatable bonds is 6. The lowest BCUT2D eigenvalue weighted by Crippen LogP contribution is -2.09. The topological polar surface area (TPSA) is 56.9 Å². The van der Waals surface area contributed by atoms with Gasteiger partial charge in [-0.15, -0.1) is 0 Å². The summed E-state index contributed by atoms with van der Waals surface area (Å²) in [5.41, 5.74) is 5.37. The monoisotopic (exact) mass is 313 g/mol. The zero-order valence-corrected chi connectivity index (χ0v) is 14.1. The molecule has 0 radical (unpaired) electrons. The molecule has 0 spiro atoms. The van der Waals surface area contributed by atoms with E-state index in [2.05, 4.69) is 28.0 Å². The van der Waals surface area contributed by atoms with Crippen LogP contribution in [0.3, 0.4) is 0 Å². The summed E-state index contributed by atoms with van der Waals surface area (Å²) < 4.78 is 9.24. The highest BCUT2D eigenvalue weighted by Gasteiger charge is 2.13. The lowest BCUT2D eigenvalue weighted by molar-refractivity contribution is 0.182. The standard InChI is InChI=1S/C17H23N5O/c1-12-17(13(2)22(20-12)9-10-23-4)18-11-16-19-14-7-5-6-8-15(14)21(16)3/h5-8,18H,9-11H2,1-4H3. The van der Waals surface area contributed by atoms with Crippen molar-refractivity contribution >= 4 is 16.7 Å². The molecule has 0 aliphatic rings. The predicted octanol–water partition coefficient (Wildman–Crippen LogP) is 2.65. The van der Waals surface area contributed by atoms with E-state index in [0.29, 0.717) is 13.2 Å². The fourth-order valence-electron chi connectivity index (χ4n) is 2.87. The highest BCUT2D eigenvalue weighted by molar-refractivity contribution is 5.75. The number of aryl methyl sites for hydroxylation is 2. The number of ether oxygens (including phenoxy) is 1. The maximum absolute atomic E-state index is 5.13. The number of methoxy groups -OCH3 is 1. The first-order valence-corrected chi connectivity index (χ1v) is 7.79. The summed E-state index contributed by atoms with van der Waals surface area (Å²) in [6.07, 6.45) is 0. The molecule has 6 heteroatoms. The molecule has 2 aromatic heterocycles. The first-order valence-electron chi connectivity index (χ1n) is 7.79. The molecular weight excluding hydrogens is 290 g/mol. The van der Waals surface area contributed by atoms with E-state index in [4.69, 9.17) is 9.72 Å². The van der Waals surface area contributed by atoms with Gasteiger partial charge in [0.05, 0.1) is 47.8 Å². The number of aromatic nitrogens is 4. The summed E-state index contributed by atoms with van der Waals surface area (Å²) >= 11 is 0. The summed E-state index contributed by atoms with van der Waals surface area (Å²) in [7, 11) is 3.75. The van der Waals surface area contributed by atoms with E-state index >= 15 is 0 Å². The second-order valence-corrected chi connectivity index (χ2v) is 5.69. The Morgan fingerprint density at radius 3 is 2.74 bits per heavy atom. The van der Waals surface area contributed by atoms with E-state index in [1.54, 1.807) is 7.11 Å². The Bertz CT molecular complexity index is 818. The van der Waals surface area contributed by atoms with Crippen LogP contribution in [-0.4, -0.2) is 33.0 Å². The Balaban J connectivity index is 1.79. The van der Waals surface area contributed by atoms with Crippen molar-refractivity contribution < 1.29 is 4.74 Å². The van der Waals surface area contributed by atoms with E-state index < -0.39 is 0 Å². The molecule has 0 saturated heterocycles. The minimum Gasteiger partial charge on any atom is -0.383 e. The molecule has 6 nitrogen and oxygen atoms in total. The normalized spacial score (nSPS) is 11.3. The Labute approximate surface area is 136 Å². The first-order chi connectivity index (χ1) is 11.1. The van der Waals surface area contributed by atoms with Crippen LogP contribution in [0.1, 0.15) is 17.2 Å². The fraction of sp³-hybridized carbons (Fsp3) is 0.412. The highest BCUT2D eigenvalue weighted by Crippen LogP contribution is 2.21. The summed E-state index contributed by atoms with van der Waals surface area (Å²) in [6, 6.07) is 8.18. The molecule has 23 heavy (non-hydrogen) atoms. The van der Waals surface area contributed by atoms with Crippen LogP contribution in [0.5, 0.6) is 0 Å². The quantitative estimate of drug-likeness (QED) is 0.760. The van der Waals surface area contributed by atoms with Gasteiger partial charge < -0.3 is 14.6 Å². The minimum atomic E-state index is 0.659. The summed E-state index contributed by atoms with van der Waals surface area (Å²) in [4.78, 5) is 4.70. The lowest BCUT2D eigenvalue weighted by atomic mass is 10.3. The van der Waals surface area contributed by atoms with Gasteiger partial charge in [0.2, 0.25) is 0 Å². The van der Waals surface area contributed by atoms with Crippen LogP contribution in [0.2, 0.25) is 0 Å². The molecule has 0 fully saturated rings. The van der Waals surface area contributed by atoms with E-state index in [-0.39, 0.29) is 0 Å². The predicted molar refractivity (Wildman–Crippen MR) is 91.6 cm³/mol. The second-order valence-electron chi connectivity index (χ2n) is 5.69. The average Bonchev–Trinajstić information content (AvgIpc) is 3.01. The summed E-state index contributed by atoms with van der Waals surface area (Å²) in [5, 5.41) is 8.06. The Morgan fingerprint density at radius 1 is 1.22 bits per heavy atom. The van der Waals surface area contributed by atoms with Crippen LogP contribution < -0.4 is 5.32 Å². The summed E-state index contributed by atoms with van der Waals surface area (Å²) in [5.74, 6) is 1.01. The van der Waals surface area contributed by atoms with Crippen LogP contribution in [0.15, 0.2) is 24.3 Å². The molecule has 0 amide bonds. The smallest absolute Gasteiger partial charge is 0.128 e. The second kappa shape index (κ2) is 6.42. The van der Waals surface area contributed by atoms with E-state index in [0.717, 1.165) is 40.5 Å². The number of nitrogens with one attached hydrogen (secondary N) is 1. The minimum absolute atomic E-state index is 0.659. The molecule has 0 unspecified atom stereocenters. The van der Waals surface area contributed by atoms with Gasteiger partial charge in [0.15, 0.2) is 0 Å². The van der Waals surface area contributed by atoms with Gasteiger partial charge in [-0.25, -0.2) is 4.98 Å². The van der Waals surface area contributed by atoms with Gasteiger partial charge in [0.1, 0.15) is 5.82 Å². The third-order valence-electron chi connectivity index (χ3n) is 4.19. The fourth-order valence-corrected chi connectivity index (χ4v) is 2.87. The number of fused-ring (bicyclic) bond motifs is 1. The van der Waals surface area contributed by atoms with Gasteiger partial charge in [0, 0.05) is 14.2 Å². The molecule has 0 atom stereocenters. The van der Waals surface area contributed by atoms with Crippen LogP contribution in [0.25, 0.3) is 11.0 Å². The zero-order valence-electron chi connectivity index (χ0n) is 14.1. The van der Waals surface area contributed by atoms with Crippen molar-refractivity contribution in [1.29, 1.82) is 0 Å². The van der Waals surface area contributed by atoms with Crippen molar-refractivity contribution in [3.63, 3.8) is 0 Å². The molecule has 0 saturated carbocycles. The molecule has 3 rings (SSSR count). The van der Waals surface area contributed by atoms with Crippen LogP contribution in [0, 0.1) is 13.8 Å². The molecule has 0 bridgehead atoms. The van der Waals surface area contributed by atoms with Crippen molar-refractivity contribution in [2.45, 2.75) is 26.9 Å². The lowest BCUT2D eigenvalue weighted by Gasteiger charge is -2.08.